The Hall–Kier alpha value is -1.61. The van der Waals surface area contributed by atoms with E-state index in [4.69, 9.17) is 21.3 Å². The number of benzene rings is 1. The summed E-state index contributed by atoms with van der Waals surface area (Å²) in [4.78, 5) is 9.17. The summed E-state index contributed by atoms with van der Waals surface area (Å²) >= 11 is 6.29. The van der Waals surface area contributed by atoms with Gasteiger partial charge in [-0.25, -0.2) is 9.97 Å². The summed E-state index contributed by atoms with van der Waals surface area (Å²) in [6.07, 6.45) is 5.06. The van der Waals surface area contributed by atoms with Gasteiger partial charge in [-0.2, -0.15) is 0 Å². The SMILES string of the molecule is Cc1c(Cl)nc(C2CC2)nc1-c1cccc(OC2CC2)c1. The van der Waals surface area contributed by atoms with Gasteiger partial charge in [0, 0.05) is 17.0 Å². The minimum Gasteiger partial charge on any atom is -0.490 e. The number of hydrogen-bond acceptors (Lipinski definition) is 3. The first-order valence-electron chi connectivity index (χ1n) is 7.52. The normalized spacial score (nSPS) is 17.8. The molecule has 108 valence electrons. The van der Waals surface area contributed by atoms with Crippen LogP contribution in [0.15, 0.2) is 24.3 Å². The maximum atomic E-state index is 6.29. The van der Waals surface area contributed by atoms with Crippen molar-refractivity contribution in [3.63, 3.8) is 0 Å². The lowest BCUT2D eigenvalue weighted by Crippen LogP contribution is -2.00. The van der Waals surface area contributed by atoms with E-state index in [2.05, 4.69) is 17.1 Å². The van der Waals surface area contributed by atoms with Crippen molar-refractivity contribution in [1.29, 1.82) is 0 Å². The van der Waals surface area contributed by atoms with Gasteiger partial charge in [0.2, 0.25) is 0 Å². The van der Waals surface area contributed by atoms with Crippen LogP contribution in [0.3, 0.4) is 0 Å². The van der Waals surface area contributed by atoms with Gasteiger partial charge in [0.15, 0.2) is 0 Å². The van der Waals surface area contributed by atoms with E-state index in [-0.39, 0.29) is 0 Å². The minimum atomic E-state index is 0.400. The van der Waals surface area contributed by atoms with Gasteiger partial charge in [-0.1, -0.05) is 23.7 Å². The zero-order valence-corrected chi connectivity index (χ0v) is 12.7. The second-order valence-electron chi connectivity index (χ2n) is 5.97. The number of nitrogens with zero attached hydrogens (tertiary/aromatic N) is 2. The Morgan fingerprint density at radius 1 is 1.14 bits per heavy atom. The summed E-state index contributed by atoms with van der Waals surface area (Å²) in [6.45, 7) is 1.97. The van der Waals surface area contributed by atoms with Gasteiger partial charge in [0.25, 0.3) is 0 Å². The highest BCUT2D eigenvalue weighted by Crippen LogP contribution is 2.40. The number of hydrogen-bond donors (Lipinski definition) is 0. The topological polar surface area (TPSA) is 35.0 Å². The number of aromatic nitrogens is 2. The molecule has 4 heteroatoms. The van der Waals surface area contributed by atoms with E-state index in [1.807, 2.05) is 19.1 Å². The van der Waals surface area contributed by atoms with Crippen LogP contribution in [0.4, 0.5) is 0 Å². The first kappa shape index (κ1) is 13.1. The van der Waals surface area contributed by atoms with E-state index >= 15 is 0 Å². The van der Waals surface area contributed by atoms with Crippen LogP contribution in [0.2, 0.25) is 5.15 Å². The molecule has 0 aliphatic heterocycles. The molecule has 0 N–H and O–H groups in total. The van der Waals surface area contributed by atoms with Gasteiger partial charge in [-0.05, 0) is 44.7 Å². The Labute approximate surface area is 129 Å². The molecule has 2 aliphatic rings. The summed E-state index contributed by atoms with van der Waals surface area (Å²) in [6, 6.07) is 8.13. The number of ether oxygens (including phenoxy) is 1. The fourth-order valence-corrected chi connectivity index (χ4v) is 2.58. The number of rotatable bonds is 4. The third kappa shape index (κ3) is 2.75. The molecule has 0 bridgehead atoms. The van der Waals surface area contributed by atoms with Crippen LogP contribution in [-0.2, 0) is 0 Å². The quantitative estimate of drug-likeness (QED) is 0.778. The molecule has 0 spiro atoms. The van der Waals surface area contributed by atoms with Crippen molar-refractivity contribution in [3.8, 4) is 17.0 Å². The Balaban J connectivity index is 1.74. The Morgan fingerprint density at radius 3 is 2.67 bits per heavy atom. The summed E-state index contributed by atoms with van der Waals surface area (Å²) in [5, 5.41) is 0.565. The van der Waals surface area contributed by atoms with Gasteiger partial charge in [0.05, 0.1) is 11.8 Å². The van der Waals surface area contributed by atoms with Gasteiger partial charge in [0.1, 0.15) is 16.7 Å². The Morgan fingerprint density at radius 2 is 1.95 bits per heavy atom. The predicted octanol–water partition coefficient (Wildman–Crippen LogP) is 4.52. The molecule has 1 aromatic carbocycles. The second kappa shape index (κ2) is 4.99. The van der Waals surface area contributed by atoms with Gasteiger partial charge < -0.3 is 4.74 Å². The maximum Gasteiger partial charge on any atom is 0.136 e. The lowest BCUT2D eigenvalue weighted by atomic mass is 10.1. The van der Waals surface area contributed by atoms with Gasteiger partial charge >= 0.3 is 0 Å². The lowest BCUT2D eigenvalue weighted by molar-refractivity contribution is 0.303. The van der Waals surface area contributed by atoms with E-state index in [1.54, 1.807) is 0 Å². The molecule has 0 atom stereocenters. The van der Waals surface area contributed by atoms with Crippen molar-refractivity contribution in [2.24, 2.45) is 0 Å². The van der Waals surface area contributed by atoms with Crippen molar-refractivity contribution >= 4 is 11.6 Å². The van der Waals surface area contributed by atoms with Crippen LogP contribution in [0.25, 0.3) is 11.3 Å². The fourth-order valence-electron chi connectivity index (χ4n) is 2.41. The lowest BCUT2D eigenvalue weighted by Gasteiger charge is -2.11. The third-order valence-electron chi connectivity index (χ3n) is 3.98. The van der Waals surface area contributed by atoms with E-state index in [0.717, 1.165) is 41.2 Å². The summed E-state index contributed by atoms with van der Waals surface area (Å²) in [5.74, 6) is 2.29. The highest BCUT2D eigenvalue weighted by molar-refractivity contribution is 6.30. The monoisotopic (exact) mass is 300 g/mol. The van der Waals surface area contributed by atoms with Crippen molar-refractivity contribution in [3.05, 3.63) is 40.8 Å². The van der Waals surface area contributed by atoms with Gasteiger partial charge in [-0.3, -0.25) is 0 Å². The van der Waals surface area contributed by atoms with E-state index in [1.165, 1.54) is 12.8 Å². The van der Waals surface area contributed by atoms with Gasteiger partial charge in [-0.15, -0.1) is 0 Å². The zero-order valence-electron chi connectivity index (χ0n) is 12.0. The highest BCUT2D eigenvalue weighted by Gasteiger charge is 2.28. The van der Waals surface area contributed by atoms with Crippen LogP contribution in [0.5, 0.6) is 5.75 Å². The van der Waals surface area contributed by atoms with Crippen molar-refractivity contribution in [1.82, 2.24) is 9.97 Å². The van der Waals surface area contributed by atoms with Crippen LogP contribution in [-0.4, -0.2) is 16.1 Å². The van der Waals surface area contributed by atoms with Crippen LogP contribution in [0.1, 0.15) is 43.0 Å². The average molecular weight is 301 g/mol. The number of halogens is 1. The van der Waals surface area contributed by atoms with Crippen molar-refractivity contribution in [2.75, 3.05) is 0 Å². The second-order valence-corrected chi connectivity index (χ2v) is 6.32. The Kier molecular flexibility index (Phi) is 3.11. The molecule has 0 amide bonds. The molecule has 21 heavy (non-hydrogen) atoms. The minimum absolute atomic E-state index is 0.400. The molecule has 4 rings (SSSR count). The molecule has 0 saturated heterocycles. The standard InChI is InChI=1S/C17H17ClN2O/c1-10-15(19-17(11-5-6-11)20-16(10)18)12-3-2-4-14(9-12)21-13-7-8-13/h2-4,9,11,13H,5-8H2,1H3. The summed E-state index contributed by atoms with van der Waals surface area (Å²) in [5.41, 5.74) is 2.92. The van der Waals surface area contributed by atoms with E-state index in [0.29, 0.717) is 17.2 Å². The summed E-state index contributed by atoms with van der Waals surface area (Å²) in [7, 11) is 0. The molecule has 1 aromatic heterocycles. The molecular formula is C17H17ClN2O. The molecule has 1 heterocycles. The van der Waals surface area contributed by atoms with Crippen molar-refractivity contribution < 1.29 is 4.74 Å². The van der Waals surface area contributed by atoms with Crippen LogP contribution < -0.4 is 4.74 Å². The molecule has 3 nitrogen and oxygen atoms in total. The summed E-state index contributed by atoms with van der Waals surface area (Å²) < 4.78 is 5.87. The van der Waals surface area contributed by atoms with Crippen molar-refractivity contribution in [2.45, 2.75) is 44.6 Å². The molecule has 2 aromatic rings. The molecule has 0 radical (unpaired) electrons. The molecular weight excluding hydrogens is 284 g/mol. The first-order valence-corrected chi connectivity index (χ1v) is 7.89. The third-order valence-corrected chi connectivity index (χ3v) is 4.35. The molecule has 2 fully saturated rings. The fraction of sp³-hybridized carbons (Fsp3) is 0.412. The predicted molar refractivity (Wildman–Crippen MR) is 82.8 cm³/mol. The largest absolute Gasteiger partial charge is 0.490 e. The first-order chi connectivity index (χ1) is 10.2. The smallest absolute Gasteiger partial charge is 0.136 e. The molecule has 0 unspecified atom stereocenters. The highest BCUT2D eigenvalue weighted by atomic mass is 35.5. The van der Waals surface area contributed by atoms with E-state index < -0.39 is 0 Å². The zero-order chi connectivity index (χ0) is 14.4. The molecule has 2 aliphatic carbocycles. The van der Waals surface area contributed by atoms with Crippen LogP contribution >= 0.6 is 11.6 Å². The van der Waals surface area contributed by atoms with Crippen LogP contribution in [0, 0.1) is 6.92 Å². The molecule has 2 saturated carbocycles. The van der Waals surface area contributed by atoms with E-state index in [9.17, 15) is 0 Å². The average Bonchev–Trinajstić information content (AvgIpc) is 3.35. The maximum absolute atomic E-state index is 6.29. The Bertz CT molecular complexity index is 693.